The summed E-state index contributed by atoms with van der Waals surface area (Å²) >= 11 is 2.03. The summed E-state index contributed by atoms with van der Waals surface area (Å²) in [6.45, 7) is 3.75. The van der Waals surface area contributed by atoms with Crippen LogP contribution in [-0.4, -0.2) is 18.7 Å². The number of Topliss-reactive ketones (excluding diaryl/α,β-unsaturated/α-hetero) is 1. The van der Waals surface area contributed by atoms with Crippen molar-refractivity contribution in [1.82, 2.24) is 0 Å². The number of benzene rings is 1. The minimum absolute atomic E-state index is 0.122. The Kier molecular flexibility index (Phi) is 4.26. The molecule has 1 aromatic rings. The van der Waals surface area contributed by atoms with Crippen LogP contribution in [-0.2, 0) is 0 Å². The van der Waals surface area contributed by atoms with Gasteiger partial charge in [-0.3, -0.25) is 9.59 Å². The average Bonchev–Trinajstić information content (AvgIpc) is 2.19. The molecule has 4 heteroatoms. The Morgan fingerprint density at radius 2 is 2.20 bits per heavy atom. The largest absolute Gasteiger partial charge is 0.493 e. The molecule has 0 unspecified atom stereocenters. The Morgan fingerprint density at radius 1 is 1.53 bits per heavy atom. The molecule has 0 aliphatic carbocycles. The molecule has 0 bridgehead atoms. The molecule has 3 nitrogen and oxygen atoms in total. The molecule has 0 amide bonds. The fourth-order valence-corrected chi connectivity index (χ4v) is 2.18. The topological polar surface area (TPSA) is 43.4 Å². The van der Waals surface area contributed by atoms with Crippen molar-refractivity contribution in [3.05, 3.63) is 26.8 Å². The summed E-state index contributed by atoms with van der Waals surface area (Å²) in [5, 5.41) is 0. The van der Waals surface area contributed by atoms with Crippen LogP contribution in [0.25, 0.3) is 0 Å². The van der Waals surface area contributed by atoms with Gasteiger partial charge in [0, 0.05) is 9.13 Å². The smallest absolute Gasteiger partial charge is 0.161 e. The Bertz CT molecular complexity index is 399. The lowest BCUT2D eigenvalue weighted by molar-refractivity contribution is 0.100. The van der Waals surface area contributed by atoms with Crippen LogP contribution < -0.4 is 4.74 Å². The SMILES string of the molecule is CCOc1ccc(I)c(C(C)=O)c1C=O. The van der Waals surface area contributed by atoms with Crippen LogP contribution in [0.15, 0.2) is 12.1 Å². The number of rotatable bonds is 4. The fraction of sp³-hybridized carbons (Fsp3) is 0.273. The summed E-state index contributed by atoms with van der Waals surface area (Å²) in [6, 6.07) is 3.48. The van der Waals surface area contributed by atoms with Gasteiger partial charge >= 0.3 is 0 Å². The van der Waals surface area contributed by atoms with E-state index in [0.29, 0.717) is 29.8 Å². The number of carbonyl (C=O) groups is 2. The number of halogens is 1. The third-order valence-corrected chi connectivity index (χ3v) is 2.82. The molecule has 0 aromatic heterocycles. The maximum Gasteiger partial charge on any atom is 0.161 e. The van der Waals surface area contributed by atoms with Crippen LogP contribution in [0, 0.1) is 3.57 Å². The molecular formula is C11H11IO3. The Hall–Kier alpha value is -0.910. The summed E-state index contributed by atoms with van der Waals surface area (Å²) < 4.78 is 6.06. The first-order valence-electron chi connectivity index (χ1n) is 4.53. The molecule has 1 aromatic carbocycles. The lowest BCUT2D eigenvalue weighted by Crippen LogP contribution is -2.05. The molecule has 80 valence electrons. The van der Waals surface area contributed by atoms with E-state index in [1.165, 1.54) is 6.92 Å². The van der Waals surface area contributed by atoms with Gasteiger partial charge in [-0.25, -0.2) is 0 Å². The number of hydrogen-bond donors (Lipinski definition) is 0. The Morgan fingerprint density at radius 3 is 2.67 bits per heavy atom. The van der Waals surface area contributed by atoms with Crippen LogP contribution in [0.3, 0.4) is 0 Å². The average molecular weight is 318 g/mol. The van der Waals surface area contributed by atoms with Gasteiger partial charge in [-0.15, -0.1) is 0 Å². The van der Waals surface area contributed by atoms with E-state index < -0.39 is 0 Å². The summed E-state index contributed by atoms with van der Waals surface area (Å²) in [5.41, 5.74) is 0.785. The van der Waals surface area contributed by atoms with Gasteiger partial charge in [0.05, 0.1) is 12.2 Å². The minimum atomic E-state index is -0.122. The summed E-state index contributed by atoms with van der Waals surface area (Å²) in [6.07, 6.45) is 0.671. The van der Waals surface area contributed by atoms with Gasteiger partial charge < -0.3 is 4.74 Å². The summed E-state index contributed by atoms with van der Waals surface area (Å²) in [4.78, 5) is 22.3. The molecule has 15 heavy (non-hydrogen) atoms. The van der Waals surface area contributed by atoms with Crippen molar-refractivity contribution in [1.29, 1.82) is 0 Å². The third kappa shape index (κ3) is 2.56. The molecule has 0 radical (unpaired) electrons. The predicted octanol–water partition coefficient (Wildman–Crippen LogP) is 2.71. The van der Waals surface area contributed by atoms with E-state index in [9.17, 15) is 9.59 Å². The highest BCUT2D eigenvalue weighted by molar-refractivity contribution is 14.1. The molecule has 1 rings (SSSR count). The maximum absolute atomic E-state index is 11.4. The molecule has 0 heterocycles. The Balaban J connectivity index is 3.40. The van der Waals surface area contributed by atoms with Crippen LogP contribution in [0.2, 0.25) is 0 Å². The van der Waals surface area contributed by atoms with Crippen LogP contribution in [0.4, 0.5) is 0 Å². The number of hydrogen-bond acceptors (Lipinski definition) is 3. The second-order valence-electron chi connectivity index (χ2n) is 2.94. The molecule has 0 saturated heterocycles. The Labute approximate surface area is 102 Å². The standard InChI is InChI=1S/C11H11IO3/c1-3-15-10-5-4-9(12)11(7(2)14)8(10)6-13/h4-6H,3H2,1-2H3. The number of ketones is 1. The molecule has 0 atom stereocenters. The zero-order chi connectivity index (χ0) is 11.4. The van der Waals surface area contributed by atoms with Gasteiger partial charge in [0.1, 0.15) is 5.75 Å². The first kappa shape index (κ1) is 12.2. The van der Waals surface area contributed by atoms with Crippen molar-refractivity contribution in [2.24, 2.45) is 0 Å². The number of aldehydes is 1. The van der Waals surface area contributed by atoms with Gasteiger partial charge in [0.25, 0.3) is 0 Å². The maximum atomic E-state index is 11.4. The lowest BCUT2D eigenvalue weighted by atomic mass is 10.0. The van der Waals surface area contributed by atoms with Crippen LogP contribution in [0.5, 0.6) is 5.75 Å². The van der Waals surface area contributed by atoms with Gasteiger partial charge in [0.2, 0.25) is 0 Å². The molecule has 0 saturated carbocycles. The zero-order valence-corrected chi connectivity index (χ0v) is 10.7. The van der Waals surface area contributed by atoms with E-state index in [4.69, 9.17) is 4.74 Å². The van der Waals surface area contributed by atoms with Crippen molar-refractivity contribution in [3.63, 3.8) is 0 Å². The van der Waals surface area contributed by atoms with Gasteiger partial charge in [0.15, 0.2) is 12.1 Å². The van der Waals surface area contributed by atoms with Gasteiger partial charge in [-0.1, -0.05) is 0 Å². The van der Waals surface area contributed by atoms with E-state index in [1.54, 1.807) is 12.1 Å². The minimum Gasteiger partial charge on any atom is -0.493 e. The first-order valence-corrected chi connectivity index (χ1v) is 5.61. The van der Waals surface area contributed by atoms with E-state index in [0.717, 1.165) is 3.57 Å². The highest BCUT2D eigenvalue weighted by Gasteiger charge is 2.15. The normalized spacial score (nSPS) is 9.80. The second-order valence-corrected chi connectivity index (χ2v) is 4.10. The quantitative estimate of drug-likeness (QED) is 0.487. The van der Waals surface area contributed by atoms with E-state index in [-0.39, 0.29) is 5.78 Å². The van der Waals surface area contributed by atoms with E-state index in [1.807, 2.05) is 29.5 Å². The van der Waals surface area contributed by atoms with Gasteiger partial charge in [-0.05, 0) is 48.6 Å². The number of carbonyl (C=O) groups excluding carboxylic acids is 2. The monoisotopic (exact) mass is 318 g/mol. The molecular weight excluding hydrogens is 307 g/mol. The third-order valence-electron chi connectivity index (χ3n) is 1.92. The van der Waals surface area contributed by atoms with Crippen LogP contribution >= 0.6 is 22.6 Å². The predicted molar refractivity (Wildman–Crippen MR) is 65.7 cm³/mol. The second kappa shape index (κ2) is 5.25. The summed E-state index contributed by atoms with van der Waals surface area (Å²) in [7, 11) is 0. The highest BCUT2D eigenvalue weighted by atomic mass is 127. The van der Waals surface area contributed by atoms with Crippen molar-refractivity contribution in [3.8, 4) is 5.75 Å². The van der Waals surface area contributed by atoms with Crippen molar-refractivity contribution < 1.29 is 14.3 Å². The molecule has 0 aliphatic rings. The van der Waals surface area contributed by atoms with Crippen molar-refractivity contribution in [2.75, 3.05) is 6.61 Å². The lowest BCUT2D eigenvalue weighted by Gasteiger charge is -2.10. The van der Waals surface area contributed by atoms with Crippen molar-refractivity contribution >= 4 is 34.7 Å². The molecule has 0 N–H and O–H groups in total. The van der Waals surface area contributed by atoms with Crippen LogP contribution in [0.1, 0.15) is 34.6 Å². The first-order chi connectivity index (χ1) is 7.11. The van der Waals surface area contributed by atoms with E-state index in [2.05, 4.69) is 0 Å². The van der Waals surface area contributed by atoms with Gasteiger partial charge in [-0.2, -0.15) is 0 Å². The van der Waals surface area contributed by atoms with E-state index >= 15 is 0 Å². The zero-order valence-electron chi connectivity index (χ0n) is 8.54. The molecule has 0 spiro atoms. The highest BCUT2D eigenvalue weighted by Crippen LogP contribution is 2.25. The summed E-state index contributed by atoms with van der Waals surface area (Å²) in [5.74, 6) is 0.348. The molecule has 0 fully saturated rings. The molecule has 0 aliphatic heterocycles. The number of ether oxygens (including phenoxy) is 1. The fourth-order valence-electron chi connectivity index (χ4n) is 1.33. The van der Waals surface area contributed by atoms with Crippen molar-refractivity contribution in [2.45, 2.75) is 13.8 Å².